The number of pyridine rings is 1. The van der Waals surface area contributed by atoms with Gasteiger partial charge in [-0.2, -0.15) is 13.2 Å². The number of nitrogens with two attached hydrogens (primary N) is 1. The van der Waals surface area contributed by atoms with Crippen molar-refractivity contribution in [1.29, 1.82) is 0 Å². The van der Waals surface area contributed by atoms with Gasteiger partial charge in [0.2, 0.25) is 10.0 Å². The predicted octanol–water partition coefficient (Wildman–Crippen LogP) is 1.48. The smallest absolute Gasteiger partial charge is 0.475 e. The summed E-state index contributed by atoms with van der Waals surface area (Å²) in [7, 11) is -3.36. The second-order valence-corrected chi connectivity index (χ2v) is 11.1. The number of halogens is 4. The number of carbonyl (C=O) groups is 2. The number of hydrogen-bond donors (Lipinski definition) is 4. The molecule has 1 amide bonds. The van der Waals surface area contributed by atoms with Crippen molar-refractivity contribution in [2.75, 3.05) is 36.0 Å². The first kappa shape index (κ1) is 29.8. The molecule has 19 heteroatoms. The number of fused-ring (bicyclic) bond motifs is 2. The normalized spacial score (nSPS) is 16.1. The molecule has 5 rings (SSSR count). The molecule has 1 fully saturated rings. The lowest BCUT2D eigenvalue weighted by Crippen LogP contribution is -2.34. The zero-order chi connectivity index (χ0) is 30.1. The Morgan fingerprint density at radius 2 is 2.00 bits per heavy atom. The number of anilines is 2. The molecule has 0 spiro atoms. The van der Waals surface area contributed by atoms with Crippen LogP contribution in [0.15, 0.2) is 37.1 Å². The third-order valence-corrected chi connectivity index (χ3v) is 7.66. The van der Waals surface area contributed by atoms with Crippen LogP contribution < -0.4 is 20.7 Å². The third kappa shape index (κ3) is 6.44. The summed E-state index contributed by atoms with van der Waals surface area (Å²) in [5.74, 6) is -2.49. The van der Waals surface area contributed by atoms with Crippen LogP contribution in [-0.2, 0) is 14.8 Å². The molecule has 5 heterocycles. The van der Waals surface area contributed by atoms with Gasteiger partial charge in [0.15, 0.2) is 11.5 Å². The predicted molar refractivity (Wildman–Crippen MR) is 141 cm³/mol. The Kier molecular flexibility index (Phi) is 8.27. The van der Waals surface area contributed by atoms with E-state index in [1.54, 1.807) is 37.1 Å². The van der Waals surface area contributed by atoms with Crippen molar-refractivity contribution >= 4 is 56.3 Å². The summed E-state index contributed by atoms with van der Waals surface area (Å²) in [6.45, 7) is 2.78. The molecular weight excluding hydrogens is 595 g/mol. The van der Waals surface area contributed by atoms with E-state index < -0.39 is 34.1 Å². The Morgan fingerprint density at radius 3 is 2.68 bits per heavy atom. The van der Waals surface area contributed by atoms with E-state index in [0.717, 1.165) is 0 Å². The van der Waals surface area contributed by atoms with E-state index in [1.165, 1.54) is 4.52 Å². The van der Waals surface area contributed by atoms with E-state index in [0.29, 0.717) is 34.1 Å². The molecule has 4 aromatic rings. The van der Waals surface area contributed by atoms with E-state index >= 15 is 0 Å². The summed E-state index contributed by atoms with van der Waals surface area (Å²) in [4.78, 5) is 32.5. The van der Waals surface area contributed by atoms with Gasteiger partial charge >= 0.3 is 12.1 Å². The zero-order valence-electron chi connectivity index (χ0n) is 21.1. The molecular formula is C22H23ClF3N9O5S. The number of imidazole rings is 1. The fraction of sp³-hybridized carbons (Fsp3) is 0.318. The first-order chi connectivity index (χ1) is 19.2. The number of rotatable bonds is 4. The number of sulfonamides is 1. The van der Waals surface area contributed by atoms with Gasteiger partial charge in [0.25, 0.3) is 5.91 Å². The summed E-state index contributed by atoms with van der Waals surface area (Å²) in [5, 5.41) is 14.7. The van der Waals surface area contributed by atoms with Crippen LogP contribution in [0.3, 0.4) is 0 Å². The minimum absolute atomic E-state index is 0.0589. The number of alkyl halides is 3. The molecule has 5 N–H and O–H groups in total. The molecule has 220 valence electrons. The molecule has 14 nitrogen and oxygen atoms in total. The number of hydrogen-bond acceptors (Lipinski definition) is 9. The van der Waals surface area contributed by atoms with Crippen LogP contribution in [0.1, 0.15) is 28.9 Å². The maximum Gasteiger partial charge on any atom is 0.490 e. The highest BCUT2D eigenvalue weighted by Crippen LogP contribution is 2.33. The summed E-state index contributed by atoms with van der Waals surface area (Å²) in [5.41, 5.74) is 7.90. The minimum atomic E-state index is -5.08. The van der Waals surface area contributed by atoms with Crippen molar-refractivity contribution in [3.63, 3.8) is 0 Å². The summed E-state index contributed by atoms with van der Waals surface area (Å²) in [6.07, 6.45) is 1.39. The lowest BCUT2D eigenvalue weighted by Gasteiger charge is -2.28. The number of carbonyl (C=O) groups excluding carboxylic acids is 1. The monoisotopic (exact) mass is 617 g/mol. The molecule has 41 heavy (non-hydrogen) atoms. The average molecular weight is 618 g/mol. The number of carboxylic acid groups (broad SMARTS) is 1. The van der Waals surface area contributed by atoms with Gasteiger partial charge in [0, 0.05) is 37.6 Å². The summed E-state index contributed by atoms with van der Waals surface area (Å²) in [6, 6.07) is 2.94. The van der Waals surface area contributed by atoms with Crippen LogP contribution in [0.5, 0.6) is 0 Å². The van der Waals surface area contributed by atoms with Gasteiger partial charge in [0.1, 0.15) is 17.7 Å². The largest absolute Gasteiger partial charge is 0.490 e. The Morgan fingerprint density at radius 1 is 1.29 bits per heavy atom. The van der Waals surface area contributed by atoms with Crippen LogP contribution in [-0.4, -0.2) is 80.9 Å². The minimum Gasteiger partial charge on any atom is -0.475 e. The van der Waals surface area contributed by atoms with Crippen molar-refractivity contribution in [2.45, 2.75) is 19.1 Å². The lowest BCUT2D eigenvalue weighted by molar-refractivity contribution is -0.192. The van der Waals surface area contributed by atoms with Crippen molar-refractivity contribution in [2.24, 2.45) is 0 Å². The molecule has 0 saturated carbocycles. The molecule has 1 aliphatic heterocycles. The highest BCUT2D eigenvalue weighted by atomic mass is 35.5. The van der Waals surface area contributed by atoms with Gasteiger partial charge < -0.3 is 21.1 Å². The van der Waals surface area contributed by atoms with Gasteiger partial charge in [-0.25, -0.2) is 32.4 Å². The molecule has 1 aliphatic rings. The maximum atomic E-state index is 13.2. The van der Waals surface area contributed by atoms with E-state index in [-0.39, 0.29) is 30.2 Å². The lowest BCUT2D eigenvalue weighted by atomic mass is 10.1. The first-order valence-electron chi connectivity index (χ1n) is 11.8. The fourth-order valence-electron chi connectivity index (χ4n) is 4.14. The van der Waals surface area contributed by atoms with Crippen LogP contribution in [0.25, 0.3) is 11.2 Å². The van der Waals surface area contributed by atoms with Crippen molar-refractivity contribution in [1.82, 2.24) is 34.0 Å². The van der Waals surface area contributed by atoms with E-state index in [1.807, 2.05) is 16.2 Å². The Balaban J connectivity index is 0.000000493. The quantitative estimate of drug-likeness (QED) is 0.261. The number of carboxylic acids is 1. The number of nitrogen functional groups attached to an aromatic ring is 1. The number of nitrogens with one attached hydrogen (secondary N) is 2. The SMILES string of the molecule is CC(NC(=O)c1c(N)nn2cccnc12)c1cc(Cl)c2cncn2c1N1CCNS(=O)(=O)CC1.O=C(O)C(F)(F)F. The molecule has 0 aromatic carbocycles. The molecule has 1 saturated heterocycles. The number of amides is 1. The van der Waals surface area contributed by atoms with Crippen molar-refractivity contribution < 1.29 is 36.3 Å². The second kappa shape index (κ2) is 11.4. The number of aliphatic carboxylic acids is 1. The van der Waals surface area contributed by atoms with Crippen molar-refractivity contribution in [3.8, 4) is 0 Å². The molecule has 1 atom stereocenters. The Hall–Kier alpha value is -4.16. The van der Waals surface area contributed by atoms with Gasteiger partial charge in [-0.1, -0.05) is 11.6 Å². The summed E-state index contributed by atoms with van der Waals surface area (Å²) >= 11 is 6.53. The van der Waals surface area contributed by atoms with Crippen LogP contribution in [0.2, 0.25) is 5.02 Å². The Labute approximate surface area is 235 Å². The molecule has 0 aliphatic carbocycles. The topological polar surface area (TPSA) is 189 Å². The zero-order valence-corrected chi connectivity index (χ0v) is 22.7. The van der Waals surface area contributed by atoms with Crippen LogP contribution in [0, 0.1) is 0 Å². The van der Waals surface area contributed by atoms with Gasteiger partial charge in [-0.05, 0) is 19.1 Å². The molecule has 4 aromatic heterocycles. The average Bonchev–Trinajstić information content (AvgIpc) is 3.45. The maximum absolute atomic E-state index is 13.2. The first-order valence-corrected chi connectivity index (χ1v) is 13.8. The van der Waals surface area contributed by atoms with Crippen LogP contribution >= 0.6 is 11.6 Å². The molecule has 0 bridgehead atoms. The fourth-order valence-corrected chi connectivity index (χ4v) is 5.40. The highest BCUT2D eigenvalue weighted by Gasteiger charge is 2.38. The Bertz CT molecular complexity index is 1720. The van der Waals surface area contributed by atoms with Gasteiger partial charge in [0.05, 0.1) is 28.5 Å². The van der Waals surface area contributed by atoms with Gasteiger partial charge in [-0.15, -0.1) is 5.10 Å². The van der Waals surface area contributed by atoms with Crippen LogP contribution in [0.4, 0.5) is 24.8 Å². The number of aromatic nitrogens is 5. The molecule has 1 unspecified atom stereocenters. The second-order valence-electron chi connectivity index (χ2n) is 8.77. The third-order valence-electron chi connectivity index (χ3n) is 5.99. The standard InChI is InChI=1S/C20H22ClN9O3S.C2HF3O2/c1-12(26-19(31)16-17(22)27-30-5-2-3-24-18(16)30)13-9-14(21)15-10-23-11-29(15)20(13)28-6-4-25-34(32,33)8-7-28;3-2(4,5)1(6)7/h2-3,5,9-12,25H,4,6-8H2,1H3,(H2,22,27)(H,26,31);(H,6,7). The van der Waals surface area contributed by atoms with Crippen molar-refractivity contribution in [3.05, 3.63) is 53.2 Å². The highest BCUT2D eigenvalue weighted by molar-refractivity contribution is 7.89. The molecule has 0 radical (unpaired) electrons. The van der Waals surface area contributed by atoms with E-state index in [2.05, 4.69) is 25.1 Å². The van der Waals surface area contributed by atoms with Gasteiger partial charge in [-0.3, -0.25) is 9.20 Å². The number of nitrogens with zero attached hydrogens (tertiary/aromatic N) is 6. The summed E-state index contributed by atoms with van der Waals surface area (Å²) < 4.78 is 61.7. The van der Waals surface area contributed by atoms with E-state index in [9.17, 15) is 26.4 Å². The van der Waals surface area contributed by atoms with E-state index in [4.69, 9.17) is 27.2 Å².